The van der Waals surface area contributed by atoms with Gasteiger partial charge < -0.3 is 16.2 Å². The first-order valence-corrected chi connectivity index (χ1v) is 5.90. The lowest BCUT2D eigenvalue weighted by Gasteiger charge is -2.26. The molecule has 4 heteroatoms. The number of amides is 1. The molecule has 0 bridgehead atoms. The van der Waals surface area contributed by atoms with Crippen LogP contribution in [0, 0.1) is 0 Å². The second kappa shape index (κ2) is 6.80. The van der Waals surface area contributed by atoms with Gasteiger partial charge in [0.25, 0.3) is 0 Å². The van der Waals surface area contributed by atoms with E-state index in [0.29, 0.717) is 13.0 Å². The Morgan fingerprint density at radius 1 is 1.27 bits per heavy atom. The van der Waals surface area contributed by atoms with E-state index in [-0.39, 0.29) is 18.1 Å². The van der Waals surface area contributed by atoms with Crippen molar-refractivity contribution in [3.05, 3.63) is 0 Å². The zero-order valence-electron chi connectivity index (χ0n) is 9.24. The molecule has 0 saturated heterocycles. The van der Waals surface area contributed by atoms with Gasteiger partial charge in [0.05, 0.1) is 6.10 Å². The summed E-state index contributed by atoms with van der Waals surface area (Å²) < 4.78 is 0. The molecule has 1 saturated carbocycles. The minimum atomic E-state index is -0.157. The second-order valence-corrected chi connectivity index (χ2v) is 4.32. The highest BCUT2D eigenvalue weighted by atomic mass is 16.3. The van der Waals surface area contributed by atoms with E-state index in [1.165, 1.54) is 0 Å². The van der Waals surface area contributed by atoms with E-state index < -0.39 is 0 Å². The van der Waals surface area contributed by atoms with E-state index in [4.69, 9.17) is 5.73 Å². The van der Waals surface area contributed by atoms with Gasteiger partial charge in [0.1, 0.15) is 0 Å². The Morgan fingerprint density at radius 2 is 1.93 bits per heavy atom. The summed E-state index contributed by atoms with van der Waals surface area (Å²) in [5, 5.41) is 12.3. The van der Waals surface area contributed by atoms with E-state index in [0.717, 1.165) is 38.5 Å². The summed E-state index contributed by atoms with van der Waals surface area (Å²) in [5.74, 6) is 0.129. The van der Waals surface area contributed by atoms with Gasteiger partial charge in [-0.15, -0.1) is 0 Å². The summed E-state index contributed by atoms with van der Waals surface area (Å²) >= 11 is 0. The minimum Gasteiger partial charge on any atom is -0.393 e. The van der Waals surface area contributed by atoms with Crippen LogP contribution in [0.2, 0.25) is 0 Å². The van der Waals surface area contributed by atoms with Crippen LogP contribution in [-0.2, 0) is 4.79 Å². The molecule has 4 N–H and O–H groups in total. The Kier molecular flexibility index (Phi) is 5.65. The maximum atomic E-state index is 11.5. The molecule has 15 heavy (non-hydrogen) atoms. The zero-order chi connectivity index (χ0) is 11.1. The molecule has 0 atom stereocenters. The number of nitrogens with two attached hydrogens (primary N) is 1. The summed E-state index contributed by atoms with van der Waals surface area (Å²) in [4.78, 5) is 11.5. The van der Waals surface area contributed by atoms with Crippen LogP contribution in [-0.4, -0.2) is 29.7 Å². The summed E-state index contributed by atoms with van der Waals surface area (Å²) in [5.41, 5.74) is 5.35. The van der Waals surface area contributed by atoms with E-state index in [1.807, 2.05) is 0 Å². The molecule has 0 aromatic rings. The van der Waals surface area contributed by atoms with Crippen molar-refractivity contribution in [1.82, 2.24) is 5.32 Å². The second-order valence-electron chi connectivity index (χ2n) is 4.32. The Hall–Kier alpha value is -0.610. The highest BCUT2D eigenvalue weighted by Crippen LogP contribution is 2.18. The first-order valence-electron chi connectivity index (χ1n) is 5.90. The lowest BCUT2D eigenvalue weighted by molar-refractivity contribution is -0.122. The van der Waals surface area contributed by atoms with Gasteiger partial charge in [-0.2, -0.15) is 0 Å². The number of unbranched alkanes of at least 4 members (excludes halogenated alkanes) is 1. The fourth-order valence-electron chi connectivity index (χ4n) is 1.95. The summed E-state index contributed by atoms with van der Waals surface area (Å²) in [7, 11) is 0. The van der Waals surface area contributed by atoms with Gasteiger partial charge in [-0.25, -0.2) is 0 Å². The molecule has 0 unspecified atom stereocenters. The Balaban J connectivity index is 2.09. The fraction of sp³-hybridized carbons (Fsp3) is 0.909. The van der Waals surface area contributed by atoms with Crippen LogP contribution in [0.25, 0.3) is 0 Å². The van der Waals surface area contributed by atoms with Crippen LogP contribution < -0.4 is 11.1 Å². The normalized spacial score (nSPS) is 26.3. The van der Waals surface area contributed by atoms with E-state index in [1.54, 1.807) is 0 Å². The third-order valence-corrected chi connectivity index (χ3v) is 2.92. The van der Waals surface area contributed by atoms with E-state index in [2.05, 4.69) is 5.32 Å². The van der Waals surface area contributed by atoms with Crippen molar-refractivity contribution >= 4 is 5.91 Å². The monoisotopic (exact) mass is 214 g/mol. The number of aliphatic hydroxyl groups excluding tert-OH is 1. The van der Waals surface area contributed by atoms with Gasteiger partial charge in [0.15, 0.2) is 0 Å². The molecule has 0 radical (unpaired) electrons. The van der Waals surface area contributed by atoms with Crippen molar-refractivity contribution in [2.45, 2.75) is 57.1 Å². The number of carbonyl (C=O) groups excluding carboxylic acids is 1. The summed E-state index contributed by atoms with van der Waals surface area (Å²) in [6, 6.07) is 0.277. The highest BCUT2D eigenvalue weighted by Gasteiger charge is 2.20. The lowest BCUT2D eigenvalue weighted by atomic mass is 9.93. The maximum absolute atomic E-state index is 11.5. The quantitative estimate of drug-likeness (QED) is 0.584. The van der Waals surface area contributed by atoms with Crippen LogP contribution in [0.5, 0.6) is 0 Å². The van der Waals surface area contributed by atoms with Gasteiger partial charge in [0, 0.05) is 12.5 Å². The predicted octanol–water partition coefficient (Wildman–Crippen LogP) is 0.535. The van der Waals surface area contributed by atoms with Crippen LogP contribution >= 0.6 is 0 Å². The molecule has 0 aromatic heterocycles. The Bertz CT molecular complexity index is 189. The lowest BCUT2D eigenvalue weighted by Crippen LogP contribution is -2.38. The number of hydrogen-bond donors (Lipinski definition) is 3. The molecule has 0 heterocycles. The fourth-order valence-corrected chi connectivity index (χ4v) is 1.95. The standard InChI is InChI=1S/C11H22N2O2/c12-8-2-1-3-11(15)13-9-4-6-10(14)7-5-9/h9-10,14H,1-8,12H2,(H,13,15). The number of aliphatic hydroxyl groups is 1. The third-order valence-electron chi connectivity index (χ3n) is 2.92. The van der Waals surface area contributed by atoms with Crippen LogP contribution in [0.3, 0.4) is 0 Å². The third kappa shape index (κ3) is 5.14. The molecule has 1 fully saturated rings. The average Bonchev–Trinajstić information content (AvgIpc) is 2.22. The molecular formula is C11H22N2O2. The molecule has 0 aromatic carbocycles. The molecular weight excluding hydrogens is 192 g/mol. The van der Waals surface area contributed by atoms with Crippen molar-refractivity contribution in [2.24, 2.45) is 5.73 Å². The molecule has 1 rings (SSSR count). The van der Waals surface area contributed by atoms with Gasteiger partial charge in [0.2, 0.25) is 5.91 Å². The number of hydrogen-bond acceptors (Lipinski definition) is 3. The Labute approximate surface area is 91.2 Å². The highest BCUT2D eigenvalue weighted by molar-refractivity contribution is 5.76. The smallest absolute Gasteiger partial charge is 0.220 e. The maximum Gasteiger partial charge on any atom is 0.220 e. The SMILES string of the molecule is NCCCCC(=O)NC1CCC(O)CC1. The molecule has 0 spiro atoms. The van der Waals surface area contributed by atoms with Gasteiger partial charge in [-0.3, -0.25) is 4.79 Å². The topological polar surface area (TPSA) is 75.4 Å². The first kappa shape index (κ1) is 12.5. The Morgan fingerprint density at radius 3 is 2.53 bits per heavy atom. The van der Waals surface area contributed by atoms with E-state index >= 15 is 0 Å². The van der Waals surface area contributed by atoms with E-state index in [9.17, 15) is 9.90 Å². The first-order chi connectivity index (χ1) is 7.22. The summed E-state index contributed by atoms with van der Waals surface area (Å²) in [6.07, 6.45) is 5.65. The molecule has 1 aliphatic carbocycles. The van der Waals surface area contributed by atoms with Crippen LogP contribution in [0.15, 0.2) is 0 Å². The predicted molar refractivity (Wildman–Crippen MR) is 59.3 cm³/mol. The van der Waals surface area contributed by atoms with Crippen LogP contribution in [0.1, 0.15) is 44.9 Å². The molecule has 0 aliphatic heterocycles. The van der Waals surface area contributed by atoms with Crippen LogP contribution in [0.4, 0.5) is 0 Å². The molecule has 1 aliphatic rings. The molecule has 4 nitrogen and oxygen atoms in total. The molecule has 1 amide bonds. The van der Waals surface area contributed by atoms with Gasteiger partial charge >= 0.3 is 0 Å². The van der Waals surface area contributed by atoms with Crippen molar-refractivity contribution in [1.29, 1.82) is 0 Å². The number of carbonyl (C=O) groups is 1. The largest absolute Gasteiger partial charge is 0.393 e. The number of nitrogens with one attached hydrogen (secondary N) is 1. The van der Waals surface area contributed by atoms with Crippen molar-refractivity contribution in [3.8, 4) is 0 Å². The number of rotatable bonds is 5. The minimum absolute atomic E-state index is 0.129. The summed E-state index contributed by atoms with van der Waals surface area (Å²) in [6.45, 7) is 0.656. The zero-order valence-corrected chi connectivity index (χ0v) is 9.24. The van der Waals surface area contributed by atoms with Gasteiger partial charge in [-0.05, 0) is 45.1 Å². The van der Waals surface area contributed by atoms with Crippen molar-refractivity contribution in [2.75, 3.05) is 6.54 Å². The average molecular weight is 214 g/mol. The van der Waals surface area contributed by atoms with Crippen molar-refractivity contribution in [3.63, 3.8) is 0 Å². The molecule has 88 valence electrons. The van der Waals surface area contributed by atoms with Gasteiger partial charge in [-0.1, -0.05) is 0 Å². The van der Waals surface area contributed by atoms with Crippen molar-refractivity contribution < 1.29 is 9.90 Å².